The van der Waals surface area contributed by atoms with Crippen molar-refractivity contribution in [3.05, 3.63) is 0 Å². The maximum absolute atomic E-state index is 13.0. The number of hydrogen-bond acceptors (Lipinski definition) is 4. The van der Waals surface area contributed by atoms with Gasteiger partial charge in [-0.3, -0.25) is 9.59 Å². The van der Waals surface area contributed by atoms with Gasteiger partial charge in [0.25, 0.3) is 0 Å². The average Bonchev–Trinajstić information content (AvgIpc) is 2.42. The highest BCUT2D eigenvalue weighted by Gasteiger charge is 2.71. The van der Waals surface area contributed by atoms with Crippen molar-refractivity contribution in [2.45, 2.75) is 58.2 Å². The molecule has 0 aromatic carbocycles. The molecule has 3 atom stereocenters. The molecule has 0 bridgehead atoms. The molecular weight excluding hydrogens is 272 g/mol. The van der Waals surface area contributed by atoms with Crippen molar-refractivity contribution in [2.24, 2.45) is 17.1 Å². The zero-order chi connectivity index (χ0) is 16.0. The van der Waals surface area contributed by atoms with Crippen LogP contribution in [-0.4, -0.2) is 52.7 Å². The highest BCUT2D eigenvalue weighted by molar-refractivity contribution is 5.91. The third-order valence-corrected chi connectivity index (χ3v) is 5.23. The quantitative estimate of drug-likeness (QED) is 0.802. The topological polar surface area (TPSA) is 92.9 Å². The molecule has 1 aliphatic heterocycles. The number of nitrogens with zero attached hydrogens (tertiary/aromatic N) is 1. The van der Waals surface area contributed by atoms with Crippen molar-refractivity contribution in [1.29, 1.82) is 0 Å². The summed E-state index contributed by atoms with van der Waals surface area (Å²) < 4.78 is 5.79. The molecule has 6 nitrogen and oxygen atoms in total. The number of carboxylic acids is 1. The van der Waals surface area contributed by atoms with Crippen LogP contribution >= 0.6 is 0 Å². The van der Waals surface area contributed by atoms with Crippen LogP contribution in [0.15, 0.2) is 0 Å². The van der Waals surface area contributed by atoms with Gasteiger partial charge in [-0.05, 0) is 26.7 Å². The molecule has 1 aliphatic carbocycles. The molecule has 1 amide bonds. The Morgan fingerprint density at radius 2 is 2.05 bits per heavy atom. The van der Waals surface area contributed by atoms with Crippen LogP contribution in [0.2, 0.25) is 0 Å². The predicted molar refractivity (Wildman–Crippen MR) is 77.6 cm³/mol. The van der Waals surface area contributed by atoms with Crippen LogP contribution in [0.25, 0.3) is 0 Å². The lowest BCUT2D eigenvalue weighted by molar-refractivity contribution is -0.231. The minimum Gasteiger partial charge on any atom is -0.480 e. The summed E-state index contributed by atoms with van der Waals surface area (Å²) in [4.78, 5) is 25.4. The number of carboxylic acid groups (broad SMARTS) is 1. The van der Waals surface area contributed by atoms with Crippen molar-refractivity contribution in [2.75, 3.05) is 13.2 Å². The van der Waals surface area contributed by atoms with Gasteiger partial charge in [0.05, 0.1) is 6.10 Å². The number of carbonyl (C=O) groups excluding carboxylic acids is 1. The van der Waals surface area contributed by atoms with Crippen molar-refractivity contribution in [3.8, 4) is 0 Å². The molecule has 6 heteroatoms. The second-order valence-corrected chi connectivity index (χ2v) is 7.05. The lowest BCUT2D eigenvalue weighted by atomic mass is 9.46. The fraction of sp³-hybridized carbons (Fsp3) is 0.867. The molecule has 0 aromatic rings. The molecule has 1 saturated carbocycles. The molecular formula is C15H26N2O4. The van der Waals surface area contributed by atoms with Gasteiger partial charge in [-0.25, -0.2) is 0 Å². The number of aliphatic carboxylic acids is 1. The molecule has 0 spiro atoms. The van der Waals surface area contributed by atoms with Gasteiger partial charge in [0.1, 0.15) is 12.1 Å². The van der Waals surface area contributed by atoms with Crippen molar-refractivity contribution in [1.82, 2.24) is 4.90 Å². The summed E-state index contributed by atoms with van der Waals surface area (Å²) in [6, 6.07) is -0.201. The second-order valence-electron chi connectivity index (χ2n) is 7.05. The van der Waals surface area contributed by atoms with Gasteiger partial charge in [0.15, 0.2) is 0 Å². The van der Waals surface area contributed by atoms with E-state index in [2.05, 4.69) is 0 Å². The van der Waals surface area contributed by atoms with E-state index in [0.717, 1.165) is 12.8 Å². The standard InChI is InChI=1S/C15H26N2O4/c1-9(2)17(8-11(18)19)13(20)15(16)10-6-5-7-21-12(10)14(15,3)4/h9-10,12H,5-8,16H2,1-4H3,(H,18,19). The van der Waals surface area contributed by atoms with Gasteiger partial charge in [-0.1, -0.05) is 13.8 Å². The molecule has 3 unspecified atom stereocenters. The minimum absolute atomic E-state index is 0.0148. The van der Waals surface area contributed by atoms with Gasteiger partial charge < -0.3 is 20.5 Å². The molecule has 2 aliphatic rings. The van der Waals surface area contributed by atoms with Gasteiger partial charge >= 0.3 is 5.97 Å². The lowest BCUT2D eigenvalue weighted by Gasteiger charge is -2.65. The fourth-order valence-electron chi connectivity index (χ4n) is 3.88. The molecule has 2 rings (SSSR count). The molecule has 2 fully saturated rings. The van der Waals surface area contributed by atoms with Crippen LogP contribution in [0.5, 0.6) is 0 Å². The van der Waals surface area contributed by atoms with Crippen LogP contribution < -0.4 is 5.73 Å². The number of hydrogen-bond donors (Lipinski definition) is 2. The first-order valence-electron chi connectivity index (χ1n) is 7.57. The van der Waals surface area contributed by atoms with Crippen molar-refractivity contribution in [3.63, 3.8) is 0 Å². The molecule has 0 aromatic heterocycles. The SMILES string of the molecule is CC(C)N(CC(=O)O)C(=O)C1(N)C2CCCOC2C1(C)C. The smallest absolute Gasteiger partial charge is 0.323 e. The van der Waals surface area contributed by atoms with Gasteiger partial charge in [0, 0.05) is 24.0 Å². The van der Waals surface area contributed by atoms with Gasteiger partial charge in [-0.15, -0.1) is 0 Å². The zero-order valence-corrected chi connectivity index (χ0v) is 13.3. The van der Waals surface area contributed by atoms with E-state index in [4.69, 9.17) is 15.6 Å². The van der Waals surface area contributed by atoms with Crippen LogP contribution in [0, 0.1) is 11.3 Å². The number of amides is 1. The van der Waals surface area contributed by atoms with Crippen molar-refractivity contribution >= 4 is 11.9 Å². The Morgan fingerprint density at radius 1 is 1.43 bits per heavy atom. The summed E-state index contributed by atoms with van der Waals surface area (Å²) in [7, 11) is 0. The summed E-state index contributed by atoms with van der Waals surface area (Å²) in [5.74, 6) is -1.31. The molecule has 3 N–H and O–H groups in total. The first-order valence-corrected chi connectivity index (χ1v) is 7.57. The first kappa shape index (κ1) is 16.2. The lowest BCUT2D eigenvalue weighted by Crippen LogP contribution is -2.82. The predicted octanol–water partition coefficient (Wildman–Crippen LogP) is 0.841. The third-order valence-electron chi connectivity index (χ3n) is 5.23. The first-order chi connectivity index (χ1) is 9.64. The number of fused-ring (bicyclic) bond motifs is 1. The molecule has 1 saturated heterocycles. The van der Waals surface area contributed by atoms with E-state index in [9.17, 15) is 9.59 Å². The Bertz CT molecular complexity index is 449. The second kappa shape index (κ2) is 5.25. The van der Waals surface area contributed by atoms with E-state index in [1.54, 1.807) is 0 Å². The van der Waals surface area contributed by atoms with Crippen molar-refractivity contribution < 1.29 is 19.4 Å². The van der Waals surface area contributed by atoms with Crippen LogP contribution in [0.3, 0.4) is 0 Å². The normalized spacial score (nSPS) is 34.0. The summed E-state index contributed by atoms with van der Waals surface area (Å²) in [5.41, 5.74) is 5.00. The van der Waals surface area contributed by atoms with Crippen LogP contribution in [-0.2, 0) is 14.3 Å². The summed E-state index contributed by atoms with van der Waals surface area (Å²) in [6.07, 6.45) is 1.73. The highest BCUT2D eigenvalue weighted by atomic mass is 16.5. The number of carbonyl (C=O) groups is 2. The Labute approximate surface area is 125 Å². The Morgan fingerprint density at radius 3 is 2.57 bits per heavy atom. The van der Waals surface area contributed by atoms with E-state index < -0.39 is 16.9 Å². The minimum atomic E-state index is -1.04. The van der Waals surface area contributed by atoms with E-state index in [0.29, 0.717) is 6.61 Å². The van der Waals surface area contributed by atoms with E-state index in [1.165, 1.54) is 4.90 Å². The van der Waals surface area contributed by atoms with E-state index in [-0.39, 0.29) is 30.5 Å². The van der Waals surface area contributed by atoms with Gasteiger partial charge in [0.2, 0.25) is 5.91 Å². The molecule has 120 valence electrons. The fourth-order valence-corrected chi connectivity index (χ4v) is 3.88. The molecule has 21 heavy (non-hydrogen) atoms. The summed E-state index contributed by atoms with van der Waals surface area (Å²) in [5, 5.41) is 9.04. The molecule has 0 radical (unpaired) electrons. The Kier molecular flexibility index (Phi) is 4.06. The maximum Gasteiger partial charge on any atom is 0.323 e. The summed E-state index contributed by atoms with van der Waals surface area (Å²) >= 11 is 0. The highest BCUT2D eigenvalue weighted by Crippen LogP contribution is 2.58. The van der Waals surface area contributed by atoms with E-state index >= 15 is 0 Å². The Hall–Kier alpha value is -1.14. The van der Waals surface area contributed by atoms with Crippen LogP contribution in [0.1, 0.15) is 40.5 Å². The Balaban J connectivity index is 2.29. The summed E-state index contributed by atoms with van der Waals surface area (Å²) in [6.45, 7) is 7.89. The monoisotopic (exact) mass is 298 g/mol. The number of nitrogens with two attached hydrogens (primary N) is 1. The average molecular weight is 298 g/mol. The van der Waals surface area contributed by atoms with E-state index in [1.807, 2.05) is 27.7 Å². The van der Waals surface area contributed by atoms with Crippen LogP contribution in [0.4, 0.5) is 0 Å². The number of ether oxygens (including phenoxy) is 1. The maximum atomic E-state index is 13.0. The largest absolute Gasteiger partial charge is 0.480 e. The number of rotatable bonds is 4. The zero-order valence-electron chi connectivity index (χ0n) is 13.3. The van der Waals surface area contributed by atoms with Gasteiger partial charge in [-0.2, -0.15) is 0 Å². The third kappa shape index (κ3) is 2.25. The molecule has 1 heterocycles.